The van der Waals surface area contributed by atoms with Crippen LogP contribution in [0.2, 0.25) is 0 Å². The van der Waals surface area contributed by atoms with Crippen LogP contribution >= 0.6 is 12.2 Å². The van der Waals surface area contributed by atoms with E-state index >= 15 is 0 Å². The van der Waals surface area contributed by atoms with Gasteiger partial charge in [-0.15, -0.1) is 0 Å². The quantitative estimate of drug-likeness (QED) is 0.466. The maximum absolute atomic E-state index is 13.1. The van der Waals surface area contributed by atoms with Crippen LogP contribution in [-0.4, -0.2) is 17.9 Å². The van der Waals surface area contributed by atoms with E-state index in [1.54, 1.807) is 18.2 Å². The van der Waals surface area contributed by atoms with Crippen molar-refractivity contribution in [2.24, 2.45) is 5.10 Å². The van der Waals surface area contributed by atoms with Crippen molar-refractivity contribution in [2.45, 2.75) is 6.92 Å². The molecule has 2 N–H and O–H groups in total. The van der Waals surface area contributed by atoms with Crippen molar-refractivity contribution in [1.29, 1.82) is 0 Å². The first-order valence-corrected chi connectivity index (χ1v) is 4.96. The second kappa shape index (κ2) is 6.08. The second-order valence-corrected chi connectivity index (χ2v) is 3.16. The monoisotopic (exact) mass is 225 g/mol. The predicted molar refractivity (Wildman–Crippen MR) is 63.4 cm³/mol. The Kier molecular flexibility index (Phi) is 4.70. The first-order chi connectivity index (χ1) is 7.24. The Morgan fingerprint density at radius 3 is 2.93 bits per heavy atom. The molecule has 1 rings (SSSR count). The highest BCUT2D eigenvalue weighted by Crippen LogP contribution is 2.02. The van der Waals surface area contributed by atoms with Gasteiger partial charge in [0.25, 0.3) is 0 Å². The summed E-state index contributed by atoms with van der Waals surface area (Å²) in [5, 5.41) is 7.08. The molecule has 0 spiro atoms. The molecule has 0 atom stereocenters. The van der Waals surface area contributed by atoms with E-state index in [2.05, 4.69) is 15.8 Å². The van der Waals surface area contributed by atoms with Gasteiger partial charge in [-0.1, -0.05) is 18.2 Å². The third-order valence-corrected chi connectivity index (χ3v) is 1.85. The number of hydrogen-bond acceptors (Lipinski definition) is 2. The number of hydrazone groups is 1. The van der Waals surface area contributed by atoms with Crippen LogP contribution in [0.25, 0.3) is 0 Å². The Balaban J connectivity index is 2.52. The normalized spacial score (nSPS) is 10.3. The summed E-state index contributed by atoms with van der Waals surface area (Å²) >= 11 is 4.87. The molecular formula is C10H12FN3S. The lowest BCUT2D eigenvalue weighted by molar-refractivity contribution is 0.626. The average Bonchev–Trinajstić information content (AvgIpc) is 2.21. The Morgan fingerprint density at radius 1 is 1.53 bits per heavy atom. The average molecular weight is 225 g/mol. The van der Waals surface area contributed by atoms with Crippen LogP contribution in [0, 0.1) is 5.82 Å². The minimum Gasteiger partial charge on any atom is -0.362 e. The van der Waals surface area contributed by atoms with Crippen LogP contribution in [0.3, 0.4) is 0 Å². The molecule has 0 radical (unpaired) electrons. The van der Waals surface area contributed by atoms with Crippen molar-refractivity contribution in [3.05, 3.63) is 35.6 Å². The first-order valence-electron chi connectivity index (χ1n) is 4.55. The summed E-state index contributed by atoms with van der Waals surface area (Å²) in [6, 6.07) is 6.39. The van der Waals surface area contributed by atoms with E-state index in [1.807, 2.05) is 6.92 Å². The van der Waals surface area contributed by atoms with Crippen LogP contribution in [0.4, 0.5) is 4.39 Å². The summed E-state index contributed by atoms with van der Waals surface area (Å²) in [6.45, 7) is 2.65. The van der Waals surface area contributed by atoms with Gasteiger partial charge in [0.05, 0.1) is 6.21 Å². The van der Waals surface area contributed by atoms with Crippen LogP contribution in [0.1, 0.15) is 12.5 Å². The fourth-order valence-electron chi connectivity index (χ4n) is 0.940. The van der Waals surface area contributed by atoms with Gasteiger partial charge < -0.3 is 5.32 Å². The highest BCUT2D eigenvalue weighted by Gasteiger charge is 1.95. The lowest BCUT2D eigenvalue weighted by atomic mass is 10.2. The van der Waals surface area contributed by atoms with Crippen LogP contribution in [0.5, 0.6) is 0 Å². The van der Waals surface area contributed by atoms with Gasteiger partial charge in [0, 0.05) is 12.1 Å². The first kappa shape index (κ1) is 11.6. The molecule has 3 nitrogen and oxygen atoms in total. The summed E-state index contributed by atoms with van der Waals surface area (Å²) in [5.41, 5.74) is 3.00. The standard InChI is InChI=1S/C10H12FN3S/c1-2-12-10(15)14-13-7-8-5-3-4-6-9(8)11/h3-7H,2H2,1H3,(H2,12,14,15)/b13-7-. The predicted octanol–water partition coefficient (Wildman–Crippen LogP) is 1.64. The van der Waals surface area contributed by atoms with Gasteiger partial charge in [-0.3, -0.25) is 5.43 Å². The molecule has 0 saturated heterocycles. The molecule has 5 heteroatoms. The van der Waals surface area contributed by atoms with Crippen molar-refractivity contribution < 1.29 is 4.39 Å². The molecule has 0 saturated carbocycles. The summed E-state index contributed by atoms with van der Waals surface area (Å²) in [7, 11) is 0. The van der Waals surface area contributed by atoms with Gasteiger partial charge >= 0.3 is 0 Å². The highest BCUT2D eigenvalue weighted by molar-refractivity contribution is 7.80. The van der Waals surface area contributed by atoms with Crippen molar-refractivity contribution in [3.63, 3.8) is 0 Å². The molecule has 15 heavy (non-hydrogen) atoms. The number of thiocarbonyl (C=S) groups is 1. The zero-order valence-electron chi connectivity index (χ0n) is 8.33. The molecule has 0 heterocycles. The Labute approximate surface area is 93.4 Å². The van der Waals surface area contributed by atoms with Crippen molar-refractivity contribution in [1.82, 2.24) is 10.7 Å². The van der Waals surface area contributed by atoms with Crippen molar-refractivity contribution in [3.8, 4) is 0 Å². The van der Waals surface area contributed by atoms with Gasteiger partial charge in [0.15, 0.2) is 5.11 Å². The summed E-state index contributed by atoms with van der Waals surface area (Å²) < 4.78 is 13.1. The molecule has 0 amide bonds. The van der Waals surface area contributed by atoms with Gasteiger partial charge in [-0.2, -0.15) is 5.10 Å². The van der Waals surface area contributed by atoms with Crippen LogP contribution in [-0.2, 0) is 0 Å². The number of nitrogens with one attached hydrogen (secondary N) is 2. The molecule has 1 aromatic rings. The topological polar surface area (TPSA) is 36.4 Å². The zero-order valence-corrected chi connectivity index (χ0v) is 9.14. The maximum atomic E-state index is 13.1. The SMILES string of the molecule is CCNC(=S)N/N=C\c1ccccc1F. The lowest BCUT2D eigenvalue weighted by Crippen LogP contribution is -2.31. The van der Waals surface area contributed by atoms with E-state index in [0.29, 0.717) is 10.7 Å². The van der Waals surface area contributed by atoms with Gasteiger partial charge in [-0.25, -0.2) is 4.39 Å². The third-order valence-electron chi connectivity index (χ3n) is 1.61. The number of halogens is 1. The molecule has 0 aromatic heterocycles. The lowest BCUT2D eigenvalue weighted by Gasteiger charge is -2.02. The van der Waals surface area contributed by atoms with E-state index in [1.165, 1.54) is 12.3 Å². The van der Waals surface area contributed by atoms with E-state index in [4.69, 9.17) is 12.2 Å². The Hall–Kier alpha value is -1.49. The number of nitrogens with zero attached hydrogens (tertiary/aromatic N) is 1. The highest BCUT2D eigenvalue weighted by atomic mass is 32.1. The van der Waals surface area contributed by atoms with Gasteiger partial charge in [0.1, 0.15) is 5.82 Å². The van der Waals surface area contributed by atoms with Crippen LogP contribution in [0.15, 0.2) is 29.4 Å². The van der Waals surface area contributed by atoms with E-state index in [0.717, 1.165) is 6.54 Å². The summed E-state index contributed by atoms with van der Waals surface area (Å²) in [4.78, 5) is 0. The molecule has 0 aliphatic carbocycles. The summed E-state index contributed by atoms with van der Waals surface area (Å²) in [6.07, 6.45) is 1.39. The molecule has 0 bridgehead atoms. The molecule has 1 aromatic carbocycles. The maximum Gasteiger partial charge on any atom is 0.186 e. The fraction of sp³-hybridized carbons (Fsp3) is 0.200. The largest absolute Gasteiger partial charge is 0.362 e. The molecule has 0 fully saturated rings. The number of hydrogen-bond donors (Lipinski definition) is 2. The molecule has 0 aliphatic rings. The molecular weight excluding hydrogens is 213 g/mol. The number of benzene rings is 1. The Bertz CT molecular complexity index is 365. The van der Waals surface area contributed by atoms with Gasteiger partial charge in [-0.05, 0) is 25.2 Å². The molecule has 80 valence electrons. The zero-order chi connectivity index (χ0) is 11.1. The van der Waals surface area contributed by atoms with Crippen LogP contribution < -0.4 is 10.7 Å². The molecule has 0 unspecified atom stereocenters. The van der Waals surface area contributed by atoms with Crippen molar-refractivity contribution >= 4 is 23.5 Å². The Morgan fingerprint density at radius 2 is 2.27 bits per heavy atom. The van der Waals surface area contributed by atoms with Crippen molar-refractivity contribution in [2.75, 3.05) is 6.54 Å². The fourth-order valence-corrected chi connectivity index (χ4v) is 1.14. The van der Waals surface area contributed by atoms with E-state index < -0.39 is 0 Å². The van der Waals surface area contributed by atoms with E-state index in [9.17, 15) is 4.39 Å². The number of rotatable bonds is 3. The minimum absolute atomic E-state index is 0.308. The second-order valence-electron chi connectivity index (χ2n) is 2.75. The van der Waals surface area contributed by atoms with E-state index in [-0.39, 0.29) is 5.82 Å². The van der Waals surface area contributed by atoms with Gasteiger partial charge in [0.2, 0.25) is 0 Å². The smallest absolute Gasteiger partial charge is 0.186 e. The summed E-state index contributed by atoms with van der Waals surface area (Å²) in [5.74, 6) is -0.308. The minimum atomic E-state index is -0.308. The molecule has 0 aliphatic heterocycles. The third kappa shape index (κ3) is 4.03.